The number of imidazole rings is 2. The van der Waals surface area contributed by atoms with Crippen molar-refractivity contribution < 1.29 is 9.53 Å². The SMILES string of the molecule is Cc1ccc2nc(CNC(=O)[C@@H]3CCO[C@H]3c3nccn3C)[nH]c2c1. The number of aromatic nitrogens is 4. The van der Waals surface area contributed by atoms with Crippen LogP contribution in [-0.4, -0.2) is 32.0 Å². The second kappa shape index (κ2) is 6.33. The predicted molar refractivity (Wildman–Crippen MR) is 92.7 cm³/mol. The summed E-state index contributed by atoms with van der Waals surface area (Å²) in [6.07, 6.45) is 3.99. The predicted octanol–water partition coefficient (Wildman–Crippen LogP) is 2.00. The summed E-state index contributed by atoms with van der Waals surface area (Å²) in [5.74, 6) is 1.29. The average molecular weight is 339 g/mol. The molecule has 1 amide bonds. The molecule has 7 nitrogen and oxygen atoms in total. The average Bonchev–Trinajstić information content (AvgIpc) is 3.30. The van der Waals surface area contributed by atoms with Crippen molar-refractivity contribution in [2.24, 2.45) is 13.0 Å². The molecule has 2 aromatic heterocycles. The van der Waals surface area contributed by atoms with Crippen molar-refractivity contribution in [3.8, 4) is 0 Å². The Labute approximate surface area is 145 Å². The fourth-order valence-corrected chi connectivity index (χ4v) is 3.33. The number of nitrogens with zero attached hydrogens (tertiary/aromatic N) is 3. The van der Waals surface area contributed by atoms with Crippen LogP contribution in [0.25, 0.3) is 11.0 Å². The molecule has 2 atom stereocenters. The highest BCUT2D eigenvalue weighted by molar-refractivity contribution is 5.80. The number of nitrogens with one attached hydrogen (secondary N) is 2. The first-order chi connectivity index (χ1) is 12.1. The first-order valence-electron chi connectivity index (χ1n) is 8.43. The van der Waals surface area contributed by atoms with Gasteiger partial charge < -0.3 is 19.6 Å². The maximum atomic E-state index is 12.6. The van der Waals surface area contributed by atoms with Crippen LogP contribution in [0.5, 0.6) is 0 Å². The Balaban J connectivity index is 1.45. The highest BCUT2D eigenvalue weighted by Crippen LogP contribution is 2.33. The molecule has 3 heterocycles. The fourth-order valence-electron chi connectivity index (χ4n) is 3.33. The third-order valence-electron chi connectivity index (χ3n) is 4.66. The van der Waals surface area contributed by atoms with E-state index in [0.29, 0.717) is 19.6 Å². The van der Waals surface area contributed by atoms with E-state index in [4.69, 9.17) is 4.74 Å². The summed E-state index contributed by atoms with van der Waals surface area (Å²) in [5.41, 5.74) is 3.07. The number of H-pyrrole nitrogens is 1. The van der Waals surface area contributed by atoms with Gasteiger partial charge in [-0.1, -0.05) is 6.07 Å². The molecule has 4 rings (SSSR count). The summed E-state index contributed by atoms with van der Waals surface area (Å²) in [4.78, 5) is 24.7. The fraction of sp³-hybridized carbons (Fsp3) is 0.389. The van der Waals surface area contributed by atoms with E-state index < -0.39 is 0 Å². The molecule has 1 aliphatic heterocycles. The lowest BCUT2D eigenvalue weighted by atomic mass is 10.00. The number of amides is 1. The molecular weight excluding hydrogens is 318 g/mol. The first-order valence-corrected chi connectivity index (χ1v) is 8.43. The summed E-state index contributed by atoms with van der Waals surface area (Å²) in [6.45, 7) is 2.98. The van der Waals surface area contributed by atoms with Crippen LogP contribution in [0.4, 0.5) is 0 Å². The second-order valence-electron chi connectivity index (χ2n) is 6.50. The monoisotopic (exact) mass is 339 g/mol. The van der Waals surface area contributed by atoms with E-state index in [1.165, 1.54) is 5.56 Å². The molecule has 130 valence electrons. The molecule has 7 heteroatoms. The molecule has 1 aromatic carbocycles. The Morgan fingerprint density at radius 3 is 3.16 bits per heavy atom. The molecule has 1 saturated heterocycles. The van der Waals surface area contributed by atoms with Gasteiger partial charge in [0.25, 0.3) is 0 Å². The number of carbonyl (C=O) groups is 1. The quantitative estimate of drug-likeness (QED) is 0.761. The first kappa shape index (κ1) is 15.8. The van der Waals surface area contributed by atoms with Gasteiger partial charge in [-0.2, -0.15) is 0 Å². The Bertz CT molecular complexity index is 913. The van der Waals surface area contributed by atoms with Crippen LogP contribution in [-0.2, 0) is 23.1 Å². The van der Waals surface area contributed by atoms with Crippen LogP contribution < -0.4 is 5.32 Å². The molecule has 1 fully saturated rings. The van der Waals surface area contributed by atoms with Crippen LogP contribution in [0, 0.1) is 12.8 Å². The van der Waals surface area contributed by atoms with Crippen LogP contribution in [0.2, 0.25) is 0 Å². The number of carbonyl (C=O) groups excluding carboxylic acids is 1. The van der Waals surface area contributed by atoms with E-state index in [1.807, 2.05) is 36.9 Å². The van der Waals surface area contributed by atoms with Crippen LogP contribution in [0.1, 0.15) is 29.7 Å². The van der Waals surface area contributed by atoms with E-state index in [0.717, 1.165) is 22.7 Å². The van der Waals surface area contributed by atoms with Crippen molar-refractivity contribution in [1.82, 2.24) is 24.8 Å². The van der Waals surface area contributed by atoms with E-state index >= 15 is 0 Å². The standard InChI is InChI=1S/C18H21N5O2/c1-11-3-4-13-14(9-11)22-15(21-13)10-20-18(24)12-5-8-25-16(12)17-19-6-7-23(17)2/h3-4,6-7,9,12,16H,5,8,10H2,1-2H3,(H,20,24)(H,21,22)/t12-,16-/m1/s1. The molecular formula is C18H21N5O2. The summed E-state index contributed by atoms with van der Waals surface area (Å²) >= 11 is 0. The van der Waals surface area contributed by atoms with Gasteiger partial charge in [0.15, 0.2) is 0 Å². The molecule has 0 saturated carbocycles. The number of rotatable bonds is 4. The van der Waals surface area contributed by atoms with E-state index in [2.05, 4.69) is 26.3 Å². The minimum atomic E-state index is -0.293. The molecule has 2 N–H and O–H groups in total. The van der Waals surface area contributed by atoms with Gasteiger partial charge in [0.1, 0.15) is 17.8 Å². The number of benzene rings is 1. The third-order valence-corrected chi connectivity index (χ3v) is 4.66. The largest absolute Gasteiger partial charge is 0.369 e. The van der Waals surface area contributed by atoms with Crippen LogP contribution in [0.3, 0.4) is 0 Å². The van der Waals surface area contributed by atoms with Gasteiger partial charge >= 0.3 is 0 Å². The van der Waals surface area contributed by atoms with Crippen LogP contribution >= 0.6 is 0 Å². The van der Waals surface area contributed by atoms with Crippen molar-refractivity contribution in [2.75, 3.05) is 6.61 Å². The highest BCUT2D eigenvalue weighted by atomic mass is 16.5. The molecule has 0 aliphatic carbocycles. The van der Waals surface area contributed by atoms with Gasteiger partial charge in [-0.15, -0.1) is 0 Å². The maximum absolute atomic E-state index is 12.6. The Morgan fingerprint density at radius 1 is 1.48 bits per heavy atom. The van der Waals surface area contributed by atoms with E-state index in [1.54, 1.807) is 6.20 Å². The van der Waals surface area contributed by atoms with Crippen molar-refractivity contribution in [3.05, 3.63) is 47.8 Å². The smallest absolute Gasteiger partial charge is 0.226 e. The maximum Gasteiger partial charge on any atom is 0.226 e. The number of hydrogen-bond donors (Lipinski definition) is 2. The number of aryl methyl sites for hydroxylation is 2. The lowest BCUT2D eigenvalue weighted by Crippen LogP contribution is -2.32. The van der Waals surface area contributed by atoms with E-state index in [9.17, 15) is 4.79 Å². The Kier molecular flexibility index (Phi) is 4.01. The van der Waals surface area contributed by atoms with E-state index in [-0.39, 0.29) is 17.9 Å². The van der Waals surface area contributed by atoms with Crippen molar-refractivity contribution in [2.45, 2.75) is 26.0 Å². The van der Waals surface area contributed by atoms with Gasteiger partial charge in [0.05, 0.1) is 23.5 Å². The summed E-state index contributed by atoms with van der Waals surface area (Å²) < 4.78 is 7.66. The highest BCUT2D eigenvalue weighted by Gasteiger charge is 2.37. The topological polar surface area (TPSA) is 84.8 Å². The van der Waals surface area contributed by atoms with Gasteiger partial charge in [-0.05, 0) is 31.0 Å². The van der Waals surface area contributed by atoms with Crippen molar-refractivity contribution in [3.63, 3.8) is 0 Å². The second-order valence-corrected chi connectivity index (χ2v) is 6.50. The van der Waals surface area contributed by atoms with Gasteiger partial charge in [0.2, 0.25) is 5.91 Å². The molecule has 0 radical (unpaired) electrons. The van der Waals surface area contributed by atoms with Gasteiger partial charge in [0, 0.05) is 26.0 Å². The Morgan fingerprint density at radius 2 is 2.36 bits per heavy atom. The molecule has 0 spiro atoms. The minimum Gasteiger partial charge on any atom is -0.369 e. The zero-order chi connectivity index (χ0) is 17.4. The normalized spacial score (nSPS) is 20.2. The number of ether oxygens (including phenoxy) is 1. The van der Waals surface area contributed by atoms with Gasteiger partial charge in [-0.3, -0.25) is 4.79 Å². The summed E-state index contributed by atoms with van der Waals surface area (Å²) in [7, 11) is 1.91. The molecule has 3 aromatic rings. The lowest BCUT2D eigenvalue weighted by Gasteiger charge is -2.17. The lowest BCUT2D eigenvalue weighted by molar-refractivity contribution is -0.127. The summed E-state index contributed by atoms with van der Waals surface area (Å²) in [6, 6.07) is 6.06. The molecule has 0 bridgehead atoms. The molecule has 0 unspecified atom stereocenters. The zero-order valence-corrected chi connectivity index (χ0v) is 14.3. The molecule has 1 aliphatic rings. The number of hydrogen-bond acceptors (Lipinski definition) is 4. The zero-order valence-electron chi connectivity index (χ0n) is 14.3. The minimum absolute atomic E-state index is 0.0258. The number of aromatic amines is 1. The van der Waals surface area contributed by atoms with Gasteiger partial charge in [-0.25, -0.2) is 9.97 Å². The Hall–Kier alpha value is -2.67. The molecule has 25 heavy (non-hydrogen) atoms. The third kappa shape index (κ3) is 3.02. The summed E-state index contributed by atoms with van der Waals surface area (Å²) in [5, 5.41) is 2.98. The number of fused-ring (bicyclic) bond motifs is 1. The van der Waals surface area contributed by atoms with Crippen molar-refractivity contribution >= 4 is 16.9 Å². The van der Waals surface area contributed by atoms with Crippen molar-refractivity contribution in [1.29, 1.82) is 0 Å². The van der Waals surface area contributed by atoms with Crippen LogP contribution in [0.15, 0.2) is 30.6 Å².